The Hall–Kier alpha value is -1.01. The van der Waals surface area contributed by atoms with E-state index in [0.29, 0.717) is 0 Å². The molecule has 0 bridgehead atoms. The van der Waals surface area contributed by atoms with Gasteiger partial charge in [-0.3, -0.25) is 0 Å². The molecule has 3 nitrogen and oxygen atoms in total. The molecule has 0 amide bonds. The summed E-state index contributed by atoms with van der Waals surface area (Å²) >= 11 is 0. The van der Waals surface area contributed by atoms with Crippen molar-refractivity contribution in [3.05, 3.63) is 6.54 Å². The molecule has 31 valence electrons. The number of rotatable bonds is 1. The van der Waals surface area contributed by atoms with E-state index in [4.69, 9.17) is 5.26 Å². The first-order chi connectivity index (χ1) is 2.91. The third-order valence-electron chi connectivity index (χ3n) is 0.197. The van der Waals surface area contributed by atoms with Crippen LogP contribution in [0.1, 0.15) is 0 Å². The van der Waals surface area contributed by atoms with Crippen LogP contribution in [0.4, 0.5) is 0 Å². The summed E-state index contributed by atoms with van der Waals surface area (Å²) in [6, 6.07) is 0. The molecule has 3 heteroatoms. The molecule has 0 aliphatic carbocycles. The van der Waals surface area contributed by atoms with Crippen molar-refractivity contribution in [2.45, 2.75) is 0 Å². The van der Waals surface area contributed by atoms with Crippen LogP contribution in [0.2, 0.25) is 0 Å². The lowest BCUT2D eigenvalue weighted by Gasteiger charge is -1.88. The fourth-order valence-corrected chi connectivity index (χ4v) is 0.0661. The minimum Gasteiger partial charge on any atom is -0.486 e. The molecule has 0 rings (SSSR count). The normalized spacial score (nSPS) is 8.00. The monoisotopic (exact) mass is 81.0 g/mol. The summed E-state index contributed by atoms with van der Waals surface area (Å²) in [5.74, 6) is 0. The highest BCUT2D eigenvalue weighted by molar-refractivity contribution is 5.67. The fraction of sp³-hybridized carbons (Fsp3) is 0. The minimum atomic E-state index is 1.10. The van der Waals surface area contributed by atoms with Gasteiger partial charge in [0.15, 0.2) is 0 Å². The minimum absolute atomic E-state index is 1.10. The van der Waals surface area contributed by atoms with Crippen LogP contribution < -0.4 is 5.73 Å². The van der Waals surface area contributed by atoms with Crippen LogP contribution in [0, 0.1) is 18.0 Å². The zero-order chi connectivity index (χ0) is 4.83. The van der Waals surface area contributed by atoms with Crippen LogP contribution >= 0.6 is 0 Å². The van der Waals surface area contributed by atoms with E-state index in [1.165, 1.54) is 6.19 Å². The zero-order valence-corrected chi connectivity index (χ0v) is 3.05. The smallest absolute Gasteiger partial charge is 0.202 e. The molecule has 0 aliphatic heterocycles. The first kappa shape index (κ1) is 4.99. The standard InChI is InChI=1S/C3H3N3/c4-1-2-6-3-5/h2H,4H2/q-1. The molecule has 0 saturated heterocycles. The quantitative estimate of drug-likeness (QED) is 0.201. The molecule has 6 heavy (non-hydrogen) atoms. The molecule has 0 aromatic heterocycles. The van der Waals surface area contributed by atoms with Crippen molar-refractivity contribution in [3.63, 3.8) is 0 Å². The van der Waals surface area contributed by atoms with Crippen molar-refractivity contribution >= 4 is 6.21 Å². The molecular weight excluding hydrogens is 78.1 g/mol. The van der Waals surface area contributed by atoms with Crippen molar-refractivity contribution in [3.8, 4) is 6.19 Å². The van der Waals surface area contributed by atoms with E-state index in [0.717, 1.165) is 6.21 Å². The zero-order valence-electron chi connectivity index (χ0n) is 3.05. The lowest BCUT2D eigenvalue weighted by molar-refractivity contribution is 1.43. The summed E-state index contributed by atoms with van der Waals surface area (Å²) in [6.45, 7) is 2.05. The van der Waals surface area contributed by atoms with Crippen molar-refractivity contribution in [1.82, 2.24) is 0 Å². The van der Waals surface area contributed by atoms with E-state index < -0.39 is 0 Å². The molecule has 0 aliphatic rings. The predicted octanol–water partition coefficient (Wildman–Crippen LogP) is -0.464. The number of nitrogens with zero attached hydrogens (tertiary/aromatic N) is 2. The van der Waals surface area contributed by atoms with E-state index in [2.05, 4.69) is 17.3 Å². The average molecular weight is 81.1 g/mol. The Bertz CT molecular complexity index is 78.5. The molecule has 0 atom stereocenters. The number of hydrogen-bond donors (Lipinski definition) is 1. The highest BCUT2D eigenvalue weighted by Gasteiger charge is 1.42. The molecule has 0 fully saturated rings. The summed E-state index contributed by atoms with van der Waals surface area (Å²) in [5, 5.41) is 7.65. The molecule has 0 saturated carbocycles. The largest absolute Gasteiger partial charge is 0.486 e. The summed E-state index contributed by atoms with van der Waals surface area (Å²) in [4.78, 5) is 3.03. The van der Waals surface area contributed by atoms with Gasteiger partial charge in [-0.1, -0.05) is 0 Å². The average Bonchev–Trinajstić information content (AvgIpc) is 1.61. The summed E-state index contributed by atoms with van der Waals surface area (Å²) in [7, 11) is 0. The first-order valence-corrected chi connectivity index (χ1v) is 1.28. The van der Waals surface area contributed by atoms with Gasteiger partial charge in [-0.25, -0.2) is 4.99 Å². The fourth-order valence-electron chi connectivity index (χ4n) is 0.0661. The van der Waals surface area contributed by atoms with Crippen LogP contribution in [-0.2, 0) is 0 Å². The second-order valence-corrected chi connectivity index (χ2v) is 0.525. The van der Waals surface area contributed by atoms with Crippen LogP contribution in [-0.4, -0.2) is 6.21 Å². The Morgan fingerprint density at radius 3 is 2.83 bits per heavy atom. The molecule has 0 aromatic carbocycles. The maximum atomic E-state index is 7.65. The highest BCUT2D eigenvalue weighted by Crippen LogP contribution is 1.53. The number of nitrogens with two attached hydrogens (primary N) is 1. The van der Waals surface area contributed by atoms with Gasteiger partial charge in [0.2, 0.25) is 6.19 Å². The van der Waals surface area contributed by atoms with Crippen LogP contribution in [0.25, 0.3) is 0 Å². The summed E-state index contributed by atoms with van der Waals surface area (Å²) < 4.78 is 0. The van der Waals surface area contributed by atoms with Gasteiger partial charge in [-0.15, -0.1) is 6.21 Å². The highest BCUT2D eigenvalue weighted by atomic mass is 14.7. The van der Waals surface area contributed by atoms with Gasteiger partial charge in [0.25, 0.3) is 0 Å². The third-order valence-corrected chi connectivity index (χ3v) is 0.197. The third kappa shape index (κ3) is 2.99. The van der Waals surface area contributed by atoms with E-state index in [1.54, 1.807) is 0 Å². The molecule has 0 unspecified atom stereocenters. The van der Waals surface area contributed by atoms with E-state index >= 15 is 0 Å². The Kier molecular flexibility index (Phi) is 3.32. The van der Waals surface area contributed by atoms with Crippen molar-refractivity contribution in [1.29, 1.82) is 5.26 Å². The topological polar surface area (TPSA) is 62.2 Å². The number of hydrogen-bond acceptors (Lipinski definition) is 3. The molecule has 2 N–H and O–H groups in total. The second-order valence-electron chi connectivity index (χ2n) is 0.525. The maximum Gasteiger partial charge on any atom is 0.202 e. The van der Waals surface area contributed by atoms with Crippen molar-refractivity contribution in [2.75, 3.05) is 0 Å². The van der Waals surface area contributed by atoms with Crippen LogP contribution in [0.5, 0.6) is 0 Å². The number of nitriles is 1. The van der Waals surface area contributed by atoms with E-state index in [9.17, 15) is 0 Å². The van der Waals surface area contributed by atoms with Gasteiger partial charge in [0.05, 0.1) is 0 Å². The summed E-state index contributed by atoms with van der Waals surface area (Å²) in [5.41, 5.74) is 4.66. The Morgan fingerprint density at radius 1 is 2.00 bits per heavy atom. The SMILES string of the molecule is N#CN=C[C-]N. The van der Waals surface area contributed by atoms with Crippen molar-refractivity contribution < 1.29 is 0 Å². The van der Waals surface area contributed by atoms with E-state index in [1.807, 2.05) is 0 Å². The predicted molar refractivity (Wildman–Crippen MR) is 21.5 cm³/mol. The lowest BCUT2D eigenvalue weighted by Crippen LogP contribution is -1.88. The molecule has 0 aromatic rings. The second kappa shape index (κ2) is 3.99. The molecule has 1 radical (unpaired) electrons. The van der Waals surface area contributed by atoms with Gasteiger partial charge in [0, 0.05) is 0 Å². The first-order valence-electron chi connectivity index (χ1n) is 1.28. The van der Waals surface area contributed by atoms with Gasteiger partial charge >= 0.3 is 0 Å². The van der Waals surface area contributed by atoms with Gasteiger partial charge < -0.3 is 12.3 Å². The van der Waals surface area contributed by atoms with Crippen LogP contribution in [0.15, 0.2) is 4.99 Å². The molecule has 0 heterocycles. The maximum absolute atomic E-state index is 7.65. The molecule has 0 spiro atoms. The lowest BCUT2D eigenvalue weighted by atomic mass is 10.8. The Labute approximate surface area is 36.1 Å². The van der Waals surface area contributed by atoms with Gasteiger partial charge in [0.1, 0.15) is 0 Å². The van der Waals surface area contributed by atoms with Gasteiger partial charge in [-0.05, 0) is 0 Å². The van der Waals surface area contributed by atoms with Crippen LogP contribution in [0.3, 0.4) is 0 Å². The van der Waals surface area contributed by atoms with Crippen molar-refractivity contribution in [2.24, 2.45) is 10.7 Å². The van der Waals surface area contributed by atoms with Gasteiger partial charge in [-0.2, -0.15) is 5.26 Å². The molecular formula is C3H3N3-. The number of aliphatic imine (C=N–C) groups is 1. The summed E-state index contributed by atoms with van der Waals surface area (Å²) in [6.07, 6.45) is 2.59. The van der Waals surface area contributed by atoms with E-state index in [-0.39, 0.29) is 0 Å². The Balaban J connectivity index is 3.02. The Morgan fingerprint density at radius 2 is 2.67 bits per heavy atom.